The van der Waals surface area contributed by atoms with Crippen molar-refractivity contribution in [1.82, 2.24) is 9.80 Å². The van der Waals surface area contributed by atoms with Crippen molar-refractivity contribution in [3.63, 3.8) is 0 Å². The first-order valence-corrected chi connectivity index (χ1v) is 21.2. The highest BCUT2D eigenvalue weighted by molar-refractivity contribution is 6.23. The maximum atomic E-state index is 16.0. The molecule has 3 heterocycles. The van der Waals surface area contributed by atoms with Crippen molar-refractivity contribution in [2.75, 3.05) is 18.5 Å². The topological polar surface area (TPSA) is 180 Å². The Labute approximate surface area is 379 Å². The second-order valence-corrected chi connectivity index (χ2v) is 16.5. The molecule has 0 saturated carbocycles. The summed E-state index contributed by atoms with van der Waals surface area (Å²) in [7, 11) is 1.93. The van der Waals surface area contributed by atoms with E-state index in [1.54, 1.807) is 41.3 Å². The number of imide groups is 1. The van der Waals surface area contributed by atoms with Gasteiger partial charge in [0.05, 0.1) is 29.2 Å². The summed E-state index contributed by atoms with van der Waals surface area (Å²) >= 11 is 0. The van der Waals surface area contributed by atoms with Crippen molar-refractivity contribution >= 4 is 35.3 Å². The number of aliphatic carboxylic acids is 1. The summed E-state index contributed by atoms with van der Waals surface area (Å²) in [5, 5.41) is 33.5. The Kier molecular flexibility index (Phi) is 11.6. The number of carboxylic acids is 1. The number of phenolic OH excluding ortho intramolecular Hbond substituents is 1. The molecule has 0 radical (unpaired) electrons. The molecular weight excluding hydrogens is 841 g/mol. The van der Waals surface area contributed by atoms with Gasteiger partial charge in [-0.2, -0.15) is 0 Å². The molecule has 0 aliphatic carbocycles. The van der Waals surface area contributed by atoms with Gasteiger partial charge < -0.3 is 19.7 Å². The van der Waals surface area contributed by atoms with Crippen LogP contribution in [0.1, 0.15) is 57.1 Å². The van der Waals surface area contributed by atoms with Crippen molar-refractivity contribution in [3.05, 3.63) is 207 Å². The van der Waals surface area contributed by atoms with Gasteiger partial charge in [-0.3, -0.25) is 34.3 Å². The standard InChI is InChI=1S/C52H42N4O10/c1-53(31-34-12-5-2-6-13-34)29-11-14-33-21-28-42-41(30-33)52(50(61)54(42)51(62)65-32-35-19-24-39(25-20-35)56(63)64)43(48(58)59)45-49(60)66-46(37-17-9-4-10-18-37)44(36-15-7-3-8-16-36)55(45)47(52)38-22-26-40(57)27-23-38/h2-10,12-13,15-28,30,43-47,57H,29,31-32H2,1H3,(H,58,59)/t43-,44-,45-,46+,47+,52-/m1/s1. The van der Waals surface area contributed by atoms with Gasteiger partial charge in [-0.25, -0.2) is 9.69 Å². The van der Waals surface area contributed by atoms with E-state index in [9.17, 15) is 34.7 Å². The van der Waals surface area contributed by atoms with Crippen LogP contribution in [0.15, 0.2) is 158 Å². The zero-order chi connectivity index (χ0) is 46.1. The van der Waals surface area contributed by atoms with Gasteiger partial charge in [-0.05, 0) is 82.9 Å². The Morgan fingerprint density at radius 2 is 1.44 bits per heavy atom. The number of nitro benzene ring substituents is 1. The maximum absolute atomic E-state index is 16.0. The van der Waals surface area contributed by atoms with E-state index >= 15 is 4.79 Å². The lowest BCUT2D eigenvalue weighted by atomic mass is 9.65. The molecule has 9 rings (SSSR count). The number of carbonyl (C=O) groups is 4. The third-order valence-corrected chi connectivity index (χ3v) is 12.5. The van der Waals surface area contributed by atoms with E-state index in [1.165, 1.54) is 42.5 Å². The molecule has 0 aromatic heterocycles. The number of anilines is 1. The van der Waals surface area contributed by atoms with Crippen LogP contribution in [0, 0.1) is 27.9 Å². The molecule has 6 aromatic rings. The summed E-state index contributed by atoms with van der Waals surface area (Å²) in [5.41, 5.74) is 1.33. The Bertz CT molecular complexity index is 2890. The number of hydrogen-bond donors (Lipinski definition) is 2. The first-order valence-electron chi connectivity index (χ1n) is 21.2. The van der Waals surface area contributed by atoms with E-state index in [1.807, 2.05) is 90.8 Å². The number of ether oxygens (including phenoxy) is 2. The van der Waals surface area contributed by atoms with Gasteiger partial charge in [-0.1, -0.05) is 115 Å². The van der Waals surface area contributed by atoms with Gasteiger partial charge in [0.25, 0.3) is 5.69 Å². The number of cyclic esters (lactones) is 1. The van der Waals surface area contributed by atoms with Crippen molar-refractivity contribution < 1.29 is 43.8 Å². The minimum absolute atomic E-state index is 0.0274. The molecule has 2 N–H and O–H groups in total. The summed E-state index contributed by atoms with van der Waals surface area (Å²) in [6.07, 6.45) is -2.12. The zero-order valence-electron chi connectivity index (χ0n) is 35.5. The number of fused-ring (bicyclic) bond motifs is 3. The average molecular weight is 883 g/mol. The van der Waals surface area contributed by atoms with E-state index in [0.29, 0.717) is 40.9 Å². The highest BCUT2D eigenvalue weighted by Gasteiger charge is 2.76. The zero-order valence-corrected chi connectivity index (χ0v) is 35.5. The van der Waals surface area contributed by atoms with E-state index in [-0.39, 0.29) is 29.3 Å². The Balaban J connectivity index is 1.23. The van der Waals surface area contributed by atoms with Crippen LogP contribution >= 0.6 is 0 Å². The normalized spacial score (nSPS) is 22.0. The molecule has 1 spiro atoms. The molecule has 14 nitrogen and oxygen atoms in total. The molecule has 3 aliphatic rings. The number of carbonyl (C=O) groups excluding carboxylic acids is 3. The Morgan fingerprint density at radius 3 is 2.08 bits per heavy atom. The molecule has 2 saturated heterocycles. The fraction of sp³-hybridized carbons (Fsp3) is 0.192. The number of nitrogens with zero attached hydrogens (tertiary/aromatic N) is 4. The largest absolute Gasteiger partial charge is 0.508 e. The van der Waals surface area contributed by atoms with Crippen molar-refractivity contribution in [2.24, 2.45) is 5.92 Å². The number of phenols is 1. The molecule has 2 amide bonds. The van der Waals surface area contributed by atoms with Crippen LogP contribution in [0.2, 0.25) is 0 Å². The number of morpholine rings is 1. The lowest BCUT2D eigenvalue weighted by Gasteiger charge is -2.46. The van der Waals surface area contributed by atoms with Crippen LogP contribution in [-0.4, -0.2) is 68.5 Å². The summed E-state index contributed by atoms with van der Waals surface area (Å²) in [6.45, 7) is 0.595. The molecule has 0 bridgehead atoms. The molecular formula is C52H42N4O10. The third kappa shape index (κ3) is 7.70. The summed E-state index contributed by atoms with van der Waals surface area (Å²) in [4.78, 5) is 74.9. The molecule has 14 heteroatoms. The minimum Gasteiger partial charge on any atom is -0.508 e. The van der Waals surface area contributed by atoms with Crippen LogP contribution in [0.4, 0.5) is 16.2 Å². The molecule has 2 fully saturated rings. The first-order chi connectivity index (χ1) is 32.0. The van der Waals surface area contributed by atoms with Crippen LogP contribution in [0.25, 0.3) is 0 Å². The molecule has 3 aliphatic heterocycles. The van der Waals surface area contributed by atoms with Crippen LogP contribution < -0.4 is 4.90 Å². The number of aromatic hydroxyl groups is 1. The number of non-ortho nitro benzene ring substituents is 1. The number of nitro groups is 1. The summed E-state index contributed by atoms with van der Waals surface area (Å²) in [6, 6.07) is 40.5. The molecule has 66 heavy (non-hydrogen) atoms. The van der Waals surface area contributed by atoms with Crippen molar-refractivity contribution in [1.29, 1.82) is 0 Å². The fourth-order valence-electron chi connectivity index (χ4n) is 9.75. The smallest absolute Gasteiger partial charge is 0.421 e. The molecule has 330 valence electrons. The second-order valence-electron chi connectivity index (χ2n) is 16.5. The van der Waals surface area contributed by atoms with E-state index < -0.39 is 64.4 Å². The van der Waals surface area contributed by atoms with Gasteiger partial charge in [0.1, 0.15) is 35.8 Å². The Hall–Kier alpha value is -8.12. The third-order valence-electron chi connectivity index (χ3n) is 12.5. The Morgan fingerprint density at radius 1 is 0.803 bits per heavy atom. The number of rotatable bonds is 10. The van der Waals surface area contributed by atoms with Gasteiger partial charge in [0, 0.05) is 24.2 Å². The predicted molar refractivity (Wildman–Crippen MR) is 241 cm³/mol. The van der Waals surface area contributed by atoms with Gasteiger partial charge >= 0.3 is 18.0 Å². The number of benzene rings is 6. The van der Waals surface area contributed by atoms with Crippen LogP contribution in [-0.2, 0) is 42.4 Å². The lowest BCUT2D eigenvalue weighted by molar-refractivity contribution is -0.384. The van der Waals surface area contributed by atoms with Crippen molar-refractivity contribution in [2.45, 2.75) is 42.8 Å². The highest BCUT2D eigenvalue weighted by Crippen LogP contribution is 2.66. The molecule has 0 unspecified atom stereocenters. The SMILES string of the molecule is CN(CC#Cc1ccc2c(c1)[C@]1(C(=O)N2C(=O)OCc2ccc([N+](=O)[O-])cc2)[C@H](c2ccc(O)cc2)N2[C@H](c3ccccc3)[C@H](c3ccccc3)OC(=O)[C@H]2[C@@H]1C(=O)O)Cc1ccccc1. The molecule has 6 aromatic carbocycles. The van der Waals surface area contributed by atoms with E-state index in [0.717, 1.165) is 10.5 Å². The van der Waals surface area contributed by atoms with Gasteiger partial charge in [0.2, 0.25) is 5.91 Å². The summed E-state index contributed by atoms with van der Waals surface area (Å²) < 4.78 is 12.1. The monoisotopic (exact) mass is 882 g/mol. The number of esters is 1. The number of hydrogen-bond acceptors (Lipinski definition) is 11. The minimum atomic E-state index is -2.23. The number of carboxylic acid groups (broad SMARTS) is 1. The van der Waals surface area contributed by atoms with E-state index in [4.69, 9.17) is 9.47 Å². The summed E-state index contributed by atoms with van der Waals surface area (Å²) in [5.74, 6) is 1.09. The lowest BCUT2D eigenvalue weighted by Crippen LogP contribution is -2.53. The maximum Gasteiger partial charge on any atom is 0.421 e. The second kappa shape index (κ2) is 17.8. The first kappa shape index (κ1) is 43.1. The van der Waals surface area contributed by atoms with Gasteiger partial charge in [-0.15, -0.1) is 0 Å². The quantitative estimate of drug-likeness (QED) is 0.0590. The van der Waals surface area contributed by atoms with Crippen molar-refractivity contribution in [3.8, 4) is 17.6 Å². The number of amides is 2. The fourth-order valence-corrected chi connectivity index (χ4v) is 9.75. The average Bonchev–Trinajstić information content (AvgIpc) is 3.78. The van der Waals surface area contributed by atoms with Crippen LogP contribution in [0.5, 0.6) is 5.75 Å². The van der Waals surface area contributed by atoms with Gasteiger partial charge in [0.15, 0.2) is 0 Å². The van der Waals surface area contributed by atoms with E-state index in [2.05, 4.69) is 11.8 Å². The highest BCUT2D eigenvalue weighted by atomic mass is 16.6. The molecule has 6 atom stereocenters. The predicted octanol–water partition coefficient (Wildman–Crippen LogP) is 7.87. The van der Waals surface area contributed by atoms with Crippen LogP contribution in [0.3, 0.4) is 0 Å².